The molecule has 0 spiro atoms. The highest BCUT2D eigenvalue weighted by Gasteiger charge is 2.13. The Balaban J connectivity index is 1.63. The normalized spacial score (nSPS) is 15.3. The number of carbonyl (C=O) groups excluding carboxylic acids is 1. The molecule has 118 valence electrons. The summed E-state index contributed by atoms with van der Waals surface area (Å²) in [5, 5.41) is 1.06. The van der Waals surface area contributed by atoms with E-state index in [0.29, 0.717) is 18.1 Å². The zero-order chi connectivity index (χ0) is 15.4. The van der Waals surface area contributed by atoms with Crippen LogP contribution in [-0.2, 0) is 4.74 Å². The van der Waals surface area contributed by atoms with Crippen LogP contribution in [0.4, 0.5) is 0 Å². The van der Waals surface area contributed by atoms with Gasteiger partial charge in [0.25, 0.3) is 0 Å². The van der Waals surface area contributed by atoms with Gasteiger partial charge in [-0.05, 0) is 62.5 Å². The zero-order valence-corrected chi connectivity index (χ0v) is 13.7. The summed E-state index contributed by atoms with van der Waals surface area (Å²) in [7, 11) is 0. The average molecular weight is 319 g/mol. The zero-order valence-electron chi connectivity index (χ0n) is 12.8. The minimum atomic E-state index is -0.250. The minimum Gasteiger partial charge on any atom is -0.492 e. The summed E-state index contributed by atoms with van der Waals surface area (Å²) < 4.78 is 11.9. The van der Waals surface area contributed by atoms with Crippen LogP contribution in [0.5, 0.6) is 5.75 Å². The smallest absolute Gasteiger partial charge is 0.348 e. The Hall–Kier alpha value is -1.59. The highest BCUT2D eigenvalue weighted by atomic mass is 32.1. The number of fused-ring (bicyclic) bond motifs is 1. The number of hydrogen-bond acceptors (Lipinski definition) is 5. The lowest BCUT2D eigenvalue weighted by Crippen LogP contribution is -2.25. The molecule has 22 heavy (non-hydrogen) atoms. The molecule has 2 heterocycles. The van der Waals surface area contributed by atoms with E-state index in [1.165, 1.54) is 37.3 Å². The Labute approximate surface area is 134 Å². The molecule has 4 nitrogen and oxygen atoms in total. The number of rotatable bonds is 6. The Bertz CT molecular complexity index is 646. The first-order valence-corrected chi connectivity index (χ1v) is 8.64. The van der Waals surface area contributed by atoms with Crippen LogP contribution in [0.1, 0.15) is 29.4 Å². The lowest BCUT2D eigenvalue weighted by Gasteiger charge is -2.14. The number of likely N-dealkylation sites (tertiary alicyclic amines) is 1. The summed E-state index contributed by atoms with van der Waals surface area (Å²) in [6, 6.07) is 7.85. The Kier molecular flexibility index (Phi) is 4.95. The number of benzene rings is 1. The van der Waals surface area contributed by atoms with Gasteiger partial charge >= 0.3 is 5.97 Å². The molecule has 1 aliphatic rings. The molecule has 0 atom stereocenters. The van der Waals surface area contributed by atoms with Gasteiger partial charge in [-0.3, -0.25) is 4.90 Å². The molecule has 5 heteroatoms. The second-order valence-electron chi connectivity index (χ2n) is 5.43. The van der Waals surface area contributed by atoms with Gasteiger partial charge in [0.05, 0.1) is 6.61 Å². The van der Waals surface area contributed by atoms with Crippen LogP contribution in [0.15, 0.2) is 24.3 Å². The first-order chi connectivity index (χ1) is 10.8. The maximum absolute atomic E-state index is 11.8. The van der Waals surface area contributed by atoms with E-state index < -0.39 is 0 Å². The maximum Gasteiger partial charge on any atom is 0.348 e. The van der Waals surface area contributed by atoms with E-state index in [1.54, 1.807) is 0 Å². The van der Waals surface area contributed by atoms with E-state index in [9.17, 15) is 4.79 Å². The molecule has 1 fully saturated rings. The van der Waals surface area contributed by atoms with E-state index in [1.807, 2.05) is 31.2 Å². The van der Waals surface area contributed by atoms with Crippen LogP contribution in [0, 0.1) is 0 Å². The molecule has 0 amide bonds. The molecule has 0 bridgehead atoms. The van der Waals surface area contributed by atoms with Gasteiger partial charge in [0, 0.05) is 11.2 Å². The SMILES string of the molecule is CCOC(=O)c1cc2ccc(OCCN3CCCC3)cc2s1. The second kappa shape index (κ2) is 7.11. The summed E-state index contributed by atoms with van der Waals surface area (Å²) in [4.78, 5) is 14.8. The molecule has 1 aliphatic heterocycles. The van der Waals surface area contributed by atoms with Crippen molar-refractivity contribution in [1.82, 2.24) is 4.90 Å². The third kappa shape index (κ3) is 3.59. The predicted octanol–water partition coefficient (Wildman–Crippen LogP) is 3.55. The van der Waals surface area contributed by atoms with Crippen molar-refractivity contribution in [2.75, 3.05) is 32.8 Å². The van der Waals surface area contributed by atoms with Crippen molar-refractivity contribution in [1.29, 1.82) is 0 Å². The maximum atomic E-state index is 11.8. The molecule has 3 rings (SSSR count). The van der Waals surface area contributed by atoms with E-state index in [-0.39, 0.29) is 5.97 Å². The first kappa shape index (κ1) is 15.3. The number of ether oxygens (including phenoxy) is 2. The minimum absolute atomic E-state index is 0.250. The molecule has 1 aromatic heterocycles. The predicted molar refractivity (Wildman–Crippen MR) is 89.0 cm³/mol. The lowest BCUT2D eigenvalue weighted by atomic mass is 10.2. The number of hydrogen-bond donors (Lipinski definition) is 0. The highest BCUT2D eigenvalue weighted by Crippen LogP contribution is 2.29. The molecule has 1 aromatic carbocycles. The quantitative estimate of drug-likeness (QED) is 0.763. The van der Waals surface area contributed by atoms with Crippen LogP contribution in [-0.4, -0.2) is 43.7 Å². The summed E-state index contributed by atoms with van der Waals surface area (Å²) in [5.41, 5.74) is 0. The fourth-order valence-corrected chi connectivity index (χ4v) is 3.69. The van der Waals surface area contributed by atoms with Gasteiger partial charge in [0.2, 0.25) is 0 Å². The molecular formula is C17H21NO3S. The van der Waals surface area contributed by atoms with Crippen molar-refractivity contribution in [3.05, 3.63) is 29.1 Å². The van der Waals surface area contributed by atoms with Gasteiger partial charge in [0.15, 0.2) is 0 Å². The van der Waals surface area contributed by atoms with Crippen molar-refractivity contribution in [3.63, 3.8) is 0 Å². The average Bonchev–Trinajstić information content (AvgIpc) is 3.16. The van der Waals surface area contributed by atoms with Gasteiger partial charge < -0.3 is 9.47 Å². The van der Waals surface area contributed by atoms with Crippen molar-refractivity contribution >= 4 is 27.4 Å². The summed E-state index contributed by atoms with van der Waals surface area (Å²) in [6.45, 7) is 6.29. The number of thiophene rings is 1. The molecule has 2 aromatic rings. The Morgan fingerprint density at radius 1 is 1.27 bits per heavy atom. The van der Waals surface area contributed by atoms with Crippen molar-refractivity contribution in [2.24, 2.45) is 0 Å². The summed E-state index contributed by atoms with van der Waals surface area (Å²) in [5.74, 6) is 0.615. The van der Waals surface area contributed by atoms with E-state index >= 15 is 0 Å². The molecule has 0 radical (unpaired) electrons. The van der Waals surface area contributed by atoms with Gasteiger partial charge in [0.1, 0.15) is 17.2 Å². The molecule has 0 aliphatic carbocycles. The topological polar surface area (TPSA) is 38.8 Å². The van der Waals surface area contributed by atoms with E-state index in [0.717, 1.165) is 22.4 Å². The summed E-state index contributed by atoms with van der Waals surface area (Å²) in [6.07, 6.45) is 2.61. The standard InChI is InChI=1S/C17H21NO3S/c1-2-20-17(19)16-11-13-5-6-14(12-15(13)22-16)21-10-9-18-7-3-4-8-18/h5-6,11-12H,2-4,7-10H2,1H3. The van der Waals surface area contributed by atoms with Crippen LogP contribution >= 0.6 is 11.3 Å². The Morgan fingerprint density at radius 2 is 2.09 bits per heavy atom. The van der Waals surface area contributed by atoms with Gasteiger partial charge in [-0.25, -0.2) is 4.79 Å². The first-order valence-electron chi connectivity index (χ1n) is 7.82. The molecule has 0 unspecified atom stereocenters. The van der Waals surface area contributed by atoms with Crippen molar-refractivity contribution < 1.29 is 14.3 Å². The van der Waals surface area contributed by atoms with Crippen LogP contribution in [0.2, 0.25) is 0 Å². The lowest BCUT2D eigenvalue weighted by molar-refractivity contribution is 0.0532. The molecule has 0 N–H and O–H groups in total. The highest BCUT2D eigenvalue weighted by molar-refractivity contribution is 7.20. The fraction of sp³-hybridized carbons (Fsp3) is 0.471. The van der Waals surface area contributed by atoms with Crippen molar-refractivity contribution in [3.8, 4) is 5.75 Å². The third-order valence-electron chi connectivity index (χ3n) is 3.84. The van der Waals surface area contributed by atoms with Gasteiger partial charge in [-0.15, -0.1) is 11.3 Å². The molecule has 1 saturated heterocycles. The number of esters is 1. The number of nitrogens with zero attached hydrogens (tertiary/aromatic N) is 1. The monoisotopic (exact) mass is 319 g/mol. The third-order valence-corrected chi connectivity index (χ3v) is 4.92. The van der Waals surface area contributed by atoms with Gasteiger partial charge in [-0.1, -0.05) is 0 Å². The van der Waals surface area contributed by atoms with Crippen LogP contribution < -0.4 is 4.74 Å². The number of carbonyl (C=O) groups is 1. The van der Waals surface area contributed by atoms with Crippen LogP contribution in [0.3, 0.4) is 0 Å². The van der Waals surface area contributed by atoms with E-state index in [4.69, 9.17) is 9.47 Å². The summed E-state index contributed by atoms with van der Waals surface area (Å²) >= 11 is 1.45. The second-order valence-corrected chi connectivity index (χ2v) is 6.51. The molecular weight excluding hydrogens is 298 g/mol. The van der Waals surface area contributed by atoms with Crippen LogP contribution in [0.25, 0.3) is 10.1 Å². The van der Waals surface area contributed by atoms with Crippen molar-refractivity contribution in [2.45, 2.75) is 19.8 Å². The van der Waals surface area contributed by atoms with E-state index in [2.05, 4.69) is 4.90 Å². The Morgan fingerprint density at radius 3 is 2.86 bits per heavy atom. The molecule has 0 saturated carbocycles. The largest absolute Gasteiger partial charge is 0.492 e. The fourth-order valence-electron chi connectivity index (χ4n) is 2.70. The van der Waals surface area contributed by atoms with Gasteiger partial charge in [-0.2, -0.15) is 0 Å².